The number of aromatic nitrogens is 1. The Morgan fingerprint density at radius 3 is 2.55 bits per heavy atom. The number of hydrogen-bond donors (Lipinski definition) is 1. The van der Waals surface area contributed by atoms with E-state index in [4.69, 9.17) is 10.6 Å². The Hall–Kier alpha value is -1.29. The van der Waals surface area contributed by atoms with Gasteiger partial charge in [-0.15, -0.1) is 0 Å². The molecule has 0 saturated heterocycles. The maximum Gasteiger partial charge on any atom is 0.349 e. The zero-order valence-corrected chi connectivity index (χ0v) is 6.23. The van der Waals surface area contributed by atoms with Crippen molar-refractivity contribution in [3.05, 3.63) is 24.5 Å². The second-order valence-electron chi connectivity index (χ2n) is 2.24. The van der Waals surface area contributed by atoms with Crippen LogP contribution in [-0.4, -0.2) is 16.7 Å². The number of nitrogens with zero attached hydrogens (tertiary/aromatic N) is 1. The SMILES string of the molecule is C[C@H](N)C(=O)On1cccc1. The zero-order valence-electron chi connectivity index (χ0n) is 6.23. The second-order valence-corrected chi connectivity index (χ2v) is 2.24. The van der Waals surface area contributed by atoms with Crippen LogP contribution in [0.2, 0.25) is 0 Å². The molecule has 0 aliphatic heterocycles. The van der Waals surface area contributed by atoms with Crippen LogP contribution >= 0.6 is 0 Å². The fourth-order valence-corrected chi connectivity index (χ4v) is 0.567. The van der Waals surface area contributed by atoms with E-state index in [2.05, 4.69) is 0 Å². The van der Waals surface area contributed by atoms with Crippen LogP contribution < -0.4 is 10.6 Å². The third-order valence-electron chi connectivity index (χ3n) is 1.14. The highest BCUT2D eigenvalue weighted by atomic mass is 16.7. The third kappa shape index (κ3) is 2.09. The quantitative estimate of drug-likeness (QED) is 0.641. The Balaban J connectivity index is 2.50. The predicted molar refractivity (Wildman–Crippen MR) is 39.7 cm³/mol. The number of carbonyl (C=O) groups excluding carboxylic acids is 1. The maximum absolute atomic E-state index is 10.8. The van der Waals surface area contributed by atoms with Gasteiger partial charge in [0.15, 0.2) is 0 Å². The van der Waals surface area contributed by atoms with Crippen molar-refractivity contribution in [2.45, 2.75) is 13.0 Å². The number of carbonyl (C=O) groups is 1. The standard InChI is InChI=1S/C7H10N2O2/c1-6(8)7(10)11-9-4-2-3-5-9/h2-6H,8H2,1H3/t6-/m0/s1. The van der Waals surface area contributed by atoms with Gasteiger partial charge in [-0.25, -0.2) is 4.79 Å². The molecular weight excluding hydrogens is 144 g/mol. The molecule has 0 amide bonds. The lowest BCUT2D eigenvalue weighted by Crippen LogP contribution is -2.34. The largest absolute Gasteiger partial charge is 0.349 e. The van der Waals surface area contributed by atoms with Crippen molar-refractivity contribution < 1.29 is 9.63 Å². The molecule has 0 spiro atoms. The lowest BCUT2D eigenvalue weighted by molar-refractivity contribution is -0.145. The molecule has 1 aromatic heterocycles. The van der Waals surface area contributed by atoms with E-state index in [-0.39, 0.29) is 0 Å². The molecule has 4 nitrogen and oxygen atoms in total. The van der Waals surface area contributed by atoms with Gasteiger partial charge in [0.1, 0.15) is 6.04 Å². The Morgan fingerprint density at radius 1 is 1.55 bits per heavy atom. The summed E-state index contributed by atoms with van der Waals surface area (Å²) in [4.78, 5) is 15.6. The fourth-order valence-electron chi connectivity index (χ4n) is 0.567. The summed E-state index contributed by atoms with van der Waals surface area (Å²) in [5, 5.41) is 0. The van der Waals surface area contributed by atoms with Crippen molar-refractivity contribution >= 4 is 5.97 Å². The van der Waals surface area contributed by atoms with Gasteiger partial charge in [0.25, 0.3) is 0 Å². The van der Waals surface area contributed by atoms with Gasteiger partial charge in [-0.2, -0.15) is 4.73 Å². The van der Waals surface area contributed by atoms with E-state index >= 15 is 0 Å². The van der Waals surface area contributed by atoms with Gasteiger partial charge in [0, 0.05) is 12.4 Å². The summed E-state index contributed by atoms with van der Waals surface area (Å²) in [7, 11) is 0. The van der Waals surface area contributed by atoms with Gasteiger partial charge in [-0.1, -0.05) is 0 Å². The lowest BCUT2D eigenvalue weighted by Gasteiger charge is -2.05. The van der Waals surface area contributed by atoms with E-state index in [9.17, 15) is 4.79 Å². The van der Waals surface area contributed by atoms with E-state index in [1.54, 1.807) is 31.5 Å². The molecular formula is C7H10N2O2. The topological polar surface area (TPSA) is 57.3 Å². The molecule has 0 bridgehead atoms. The van der Waals surface area contributed by atoms with E-state index in [0.717, 1.165) is 0 Å². The Bertz CT molecular complexity index is 229. The van der Waals surface area contributed by atoms with Crippen LogP contribution in [0.15, 0.2) is 24.5 Å². The molecule has 0 aromatic carbocycles. The van der Waals surface area contributed by atoms with Gasteiger partial charge < -0.3 is 10.6 Å². The summed E-state index contributed by atoms with van der Waals surface area (Å²) in [5.74, 6) is -0.443. The molecule has 1 rings (SSSR count). The summed E-state index contributed by atoms with van der Waals surface area (Å²) in [6, 6.07) is 2.93. The average molecular weight is 154 g/mol. The second kappa shape index (κ2) is 3.21. The third-order valence-corrected chi connectivity index (χ3v) is 1.14. The summed E-state index contributed by atoms with van der Waals surface area (Å²) >= 11 is 0. The highest BCUT2D eigenvalue weighted by Crippen LogP contribution is 1.87. The Morgan fingerprint density at radius 2 is 2.09 bits per heavy atom. The van der Waals surface area contributed by atoms with E-state index in [0.29, 0.717) is 0 Å². The molecule has 4 heteroatoms. The highest BCUT2D eigenvalue weighted by molar-refractivity contribution is 5.75. The molecule has 0 fully saturated rings. The van der Waals surface area contributed by atoms with E-state index in [1.807, 2.05) is 0 Å². The molecule has 2 N–H and O–H groups in total. The first kappa shape index (κ1) is 7.81. The van der Waals surface area contributed by atoms with Crippen LogP contribution in [-0.2, 0) is 4.79 Å². The minimum absolute atomic E-state index is 0.443. The van der Waals surface area contributed by atoms with Crippen LogP contribution in [0.3, 0.4) is 0 Å². The summed E-state index contributed by atoms with van der Waals surface area (Å²) in [6.07, 6.45) is 3.25. The van der Waals surface area contributed by atoms with Crippen molar-refractivity contribution in [2.75, 3.05) is 0 Å². The predicted octanol–water partition coefficient (Wildman–Crippen LogP) is -0.210. The van der Waals surface area contributed by atoms with Crippen LogP contribution in [0.1, 0.15) is 6.92 Å². The normalized spacial score (nSPS) is 12.5. The van der Waals surface area contributed by atoms with Gasteiger partial charge >= 0.3 is 5.97 Å². The summed E-state index contributed by atoms with van der Waals surface area (Å²) < 4.78 is 1.31. The smallest absolute Gasteiger partial charge is 0.335 e. The highest BCUT2D eigenvalue weighted by Gasteiger charge is 2.08. The van der Waals surface area contributed by atoms with Crippen molar-refractivity contribution in [1.29, 1.82) is 0 Å². The first-order valence-electron chi connectivity index (χ1n) is 3.31. The summed E-state index contributed by atoms with van der Waals surface area (Å²) in [6.45, 7) is 1.58. The van der Waals surface area contributed by atoms with Crippen molar-refractivity contribution in [1.82, 2.24) is 4.73 Å². The van der Waals surface area contributed by atoms with Gasteiger partial charge in [0.05, 0.1) is 0 Å². The maximum atomic E-state index is 10.8. The lowest BCUT2D eigenvalue weighted by atomic mass is 10.4. The van der Waals surface area contributed by atoms with Crippen LogP contribution in [0.25, 0.3) is 0 Å². The fraction of sp³-hybridized carbons (Fsp3) is 0.286. The Labute approximate surface area is 64.5 Å². The molecule has 1 heterocycles. The number of hydrogen-bond acceptors (Lipinski definition) is 3. The Kier molecular flexibility index (Phi) is 2.28. The molecule has 0 aliphatic rings. The molecule has 11 heavy (non-hydrogen) atoms. The average Bonchev–Trinajstić information content (AvgIpc) is 2.39. The van der Waals surface area contributed by atoms with Crippen LogP contribution in [0, 0.1) is 0 Å². The van der Waals surface area contributed by atoms with Crippen LogP contribution in [0.4, 0.5) is 0 Å². The molecule has 0 aliphatic carbocycles. The van der Waals surface area contributed by atoms with Gasteiger partial charge in [0.2, 0.25) is 0 Å². The molecule has 1 aromatic rings. The van der Waals surface area contributed by atoms with Crippen molar-refractivity contribution in [3.63, 3.8) is 0 Å². The number of nitrogens with two attached hydrogens (primary N) is 1. The first-order valence-corrected chi connectivity index (χ1v) is 3.31. The minimum atomic E-state index is -0.586. The molecule has 60 valence electrons. The summed E-state index contributed by atoms with van der Waals surface area (Å²) in [5.41, 5.74) is 5.26. The first-order chi connectivity index (χ1) is 5.20. The monoisotopic (exact) mass is 154 g/mol. The van der Waals surface area contributed by atoms with Crippen molar-refractivity contribution in [2.24, 2.45) is 5.73 Å². The van der Waals surface area contributed by atoms with Gasteiger partial charge in [-0.05, 0) is 19.1 Å². The molecule has 0 unspecified atom stereocenters. The molecule has 1 atom stereocenters. The molecule has 0 saturated carbocycles. The van der Waals surface area contributed by atoms with E-state index < -0.39 is 12.0 Å². The zero-order chi connectivity index (χ0) is 8.27. The van der Waals surface area contributed by atoms with Crippen LogP contribution in [0.5, 0.6) is 0 Å². The number of rotatable bonds is 2. The van der Waals surface area contributed by atoms with E-state index in [1.165, 1.54) is 4.73 Å². The molecule has 0 radical (unpaired) electrons. The minimum Gasteiger partial charge on any atom is -0.335 e. The van der Waals surface area contributed by atoms with Gasteiger partial charge in [-0.3, -0.25) is 0 Å². The van der Waals surface area contributed by atoms with Crippen molar-refractivity contribution in [3.8, 4) is 0 Å².